The molecule has 138 valence electrons. The molecule has 11 nitrogen and oxygen atoms in total. The Hall–Kier alpha value is -0.440. The summed E-state index contributed by atoms with van der Waals surface area (Å²) in [6.07, 6.45) is -14.5. The van der Waals surface area contributed by atoms with Crippen molar-refractivity contribution < 1.29 is 50.3 Å². The van der Waals surface area contributed by atoms with E-state index in [4.69, 9.17) is 25.4 Å². The maximum Gasteiger partial charge on any atom is 0.187 e. The lowest BCUT2D eigenvalue weighted by molar-refractivity contribution is -0.327. The topological polar surface area (TPSA) is 206 Å². The smallest absolute Gasteiger partial charge is 0.187 e. The number of hydrogen-bond donors (Lipinski definition) is 9. The zero-order valence-electron chi connectivity index (χ0n) is 12.3. The van der Waals surface area contributed by atoms with E-state index in [9.17, 15) is 30.6 Å². The Morgan fingerprint density at radius 3 is 2.04 bits per heavy atom. The molecule has 0 saturated carbocycles. The second-order valence-corrected chi connectivity index (χ2v) is 5.34. The normalized spacial score (nSPS) is 37.2. The molecule has 1 aliphatic rings. The fourth-order valence-corrected chi connectivity index (χ4v) is 2.20. The van der Waals surface area contributed by atoms with Gasteiger partial charge in [0, 0.05) is 6.54 Å². The molecule has 11 heteroatoms. The third-order valence-electron chi connectivity index (χ3n) is 3.68. The molecule has 0 aromatic heterocycles. The summed E-state index contributed by atoms with van der Waals surface area (Å²) in [4.78, 5) is 0. The van der Waals surface area contributed by atoms with E-state index in [1.54, 1.807) is 0 Å². The SMILES string of the molecule is NC[C@H](O)[C@@H](O)[C@H](O[C@@H]1O[C@H](CO)[C@H](O)[C@H](O)[C@H]1O)[C@H](O)CO. The van der Waals surface area contributed by atoms with Crippen molar-refractivity contribution in [3.63, 3.8) is 0 Å². The van der Waals surface area contributed by atoms with Crippen LogP contribution in [-0.4, -0.2) is 116 Å². The second kappa shape index (κ2) is 9.15. The number of nitrogens with two attached hydrogens (primary N) is 1. The molecule has 23 heavy (non-hydrogen) atoms. The highest BCUT2D eigenvalue weighted by Gasteiger charge is 2.46. The lowest BCUT2D eigenvalue weighted by atomic mass is 9.98. The summed E-state index contributed by atoms with van der Waals surface area (Å²) in [6, 6.07) is 0. The van der Waals surface area contributed by atoms with Crippen LogP contribution in [0.1, 0.15) is 0 Å². The lowest BCUT2D eigenvalue weighted by Gasteiger charge is -2.42. The molecule has 0 amide bonds. The van der Waals surface area contributed by atoms with E-state index < -0.39 is 68.3 Å². The highest BCUT2D eigenvalue weighted by Crippen LogP contribution is 2.24. The Labute approximate surface area is 132 Å². The molecule has 0 aromatic rings. The Kier molecular flexibility index (Phi) is 8.20. The van der Waals surface area contributed by atoms with Crippen LogP contribution in [0.5, 0.6) is 0 Å². The Morgan fingerprint density at radius 2 is 1.57 bits per heavy atom. The summed E-state index contributed by atoms with van der Waals surface area (Å²) in [6.45, 7) is -1.89. The van der Waals surface area contributed by atoms with Gasteiger partial charge in [-0.1, -0.05) is 0 Å². The van der Waals surface area contributed by atoms with E-state index in [0.717, 1.165) is 0 Å². The van der Waals surface area contributed by atoms with Crippen molar-refractivity contribution in [2.75, 3.05) is 19.8 Å². The highest BCUT2D eigenvalue weighted by atomic mass is 16.7. The first-order valence-corrected chi connectivity index (χ1v) is 7.09. The molecule has 1 rings (SSSR count). The predicted molar refractivity (Wildman–Crippen MR) is 72.8 cm³/mol. The van der Waals surface area contributed by atoms with Crippen LogP contribution in [0.4, 0.5) is 0 Å². The van der Waals surface area contributed by atoms with Crippen molar-refractivity contribution in [3.8, 4) is 0 Å². The van der Waals surface area contributed by atoms with Gasteiger partial charge in [-0.3, -0.25) is 0 Å². The Morgan fingerprint density at radius 1 is 0.957 bits per heavy atom. The zero-order valence-corrected chi connectivity index (χ0v) is 12.3. The monoisotopic (exact) mass is 343 g/mol. The summed E-state index contributed by atoms with van der Waals surface area (Å²) >= 11 is 0. The minimum absolute atomic E-state index is 0.367. The first-order valence-electron chi connectivity index (χ1n) is 7.09. The molecule has 9 atom stereocenters. The average Bonchev–Trinajstić information content (AvgIpc) is 2.57. The molecular weight excluding hydrogens is 318 g/mol. The van der Waals surface area contributed by atoms with Gasteiger partial charge in [0.05, 0.1) is 19.3 Å². The fourth-order valence-electron chi connectivity index (χ4n) is 2.20. The molecule has 0 bridgehead atoms. The van der Waals surface area contributed by atoms with Gasteiger partial charge in [-0.05, 0) is 0 Å². The highest BCUT2D eigenvalue weighted by molar-refractivity contribution is 4.91. The van der Waals surface area contributed by atoms with Gasteiger partial charge in [-0.2, -0.15) is 0 Å². The largest absolute Gasteiger partial charge is 0.394 e. The number of aliphatic hydroxyl groups excluding tert-OH is 8. The Balaban J connectivity index is 2.89. The maximum absolute atomic E-state index is 9.91. The number of aliphatic hydroxyl groups is 8. The van der Waals surface area contributed by atoms with Gasteiger partial charge >= 0.3 is 0 Å². The van der Waals surface area contributed by atoms with Crippen molar-refractivity contribution in [1.29, 1.82) is 0 Å². The lowest BCUT2D eigenvalue weighted by Crippen LogP contribution is -2.61. The van der Waals surface area contributed by atoms with Crippen molar-refractivity contribution in [1.82, 2.24) is 0 Å². The minimum Gasteiger partial charge on any atom is -0.394 e. The van der Waals surface area contributed by atoms with E-state index in [2.05, 4.69) is 0 Å². The van der Waals surface area contributed by atoms with Crippen LogP contribution in [0.25, 0.3) is 0 Å². The second-order valence-electron chi connectivity index (χ2n) is 5.34. The van der Waals surface area contributed by atoms with Gasteiger partial charge in [0.1, 0.15) is 42.7 Å². The van der Waals surface area contributed by atoms with Gasteiger partial charge in [-0.25, -0.2) is 0 Å². The standard InChI is InChI=1S/C12H25NO10/c13-1-4(16)7(18)11(5(17)2-14)23-12-10(21)9(20)8(19)6(3-15)22-12/h4-12,14-21H,1-3,13H2/t4-,5+,6+,7+,8-,9-,10+,11+,12-/m0/s1. The molecule has 0 aliphatic carbocycles. The van der Waals surface area contributed by atoms with Crippen molar-refractivity contribution >= 4 is 0 Å². The van der Waals surface area contributed by atoms with Gasteiger partial charge < -0.3 is 56.1 Å². The van der Waals surface area contributed by atoms with E-state index in [1.807, 2.05) is 0 Å². The molecule has 0 aromatic carbocycles. The van der Waals surface area contributed by atoms with Gasteiger partial charge in [-0.15, -0.1) is 0 Å². The average molecular weight is 343 g/mol. The number of ether oxygens (including phenoxy) is 2. The minimum atomic E-state index is -1.76. The molecule has 0 radical (unpaired) electrons. The molecule has 1 fully saturated rings. The van der Waals surface area contributed by atoms with Crippen molar-refractivity contribution in [2.24, 2.45) is 5.73 Å². The van der Waals surface area contributed by atoms with Crippen molar-refractivity contribution in [2.45, 2.75) is 55.1 Å². The summed E-state index contributed by atoms with van der Waals surface area (Å²) in [5.74, 6) is 0. The van der Waals surface area contributed by atoms with Gasteiger partial charge in [0.25, 0.3) is 0 Å². The summed E-state index contributed by atoms with van der Waals surface area (Å²) in [5, 5.41) is 76.4. The third-order valence-corrected chi connectivity index (χ3v) is 3.68. The van der Waals surface area contributed by atoms with Gasteiger partial charge in [0.2, 0.25) is 0 Å². The first-order chi connectivity index (χ1) is 10.8. The molecule has 0 unspecified atom stereocenters. The summed E-state index contributed by atoms with van der Waals surface area (Å²) in [5.41, 5.74) is 5.20. The molecule has 0 spiro atoms. The maximum atomic E-state index is 9.91. The number of rotatable bonds is 8. The van der Waals surface area contributed by atoms with E-state index >= 15 is 0 Å². The summed E-state index contributed by atoms with van der Waals surface area (Å²) < 4.78 is 10.2. The van der Waals surface area contributed by atoms with E-state index in [1.165, 1.54) is 0 Å². The molecule has 1 heterocycles. The molecule has 10 N–H and O–H groups in total. The predicted octanol–water partition coefficient (Wildman–Crippen LogP) is -5.79. The molecular formula is C12H25NO10. The van der Waals surface area contributed by atoms with Crippen LogP contribution < -0.4 is 5.73 Å². The fraction of sp³-hybridized carbons (Fsp3) is 1.00. The van der Waals surface area contributed by atoms with Crippen LogP contribution >= 0.6 is 0 Å². The van der Waals surface area contributed by atoms with Gasteiger partial charge in [0.15, 0.2) is 6.29 Å². The van der Waals surface area contributed by atoms with Crippen LogP contribution in [0.2, 0.25) is 0 Å². The first kappa shape index (κ1) is 20.6. The molecule has 1 aliphatic heterocycles. The third kappa shape index (κ3) is 4.78. The zero-order chi connectivity index (χ0) is 17.7. The van der Waals surface area contributed by atoms with E-state index in [-0.39, 0.29) is 6.54 Å². The van der Waals surface area contributed by atoms with Crippen LogP contribution in [0.3, 0.4) is 0 Å². The molecule has 1 saturated heterocycles. The van der Waals surface area contributed by atoms with Crippen molar-refractivity contribution in [3.05, 3.63) is 0 Å². The van der Waals surface area contributed by atoms with E-state index in [0.29, 0.717) is 0 Å². The summed E-state index contributed by atoms with van der Waals surface area (Å²) in [7, 11) is 0. The Bertz CT molecular complexity index is 346. The van der Waals surface area contributed by atoms with Crippen LogP contribution in [0.15, 0.2) is 0 Å². The number of hydrogen-bond acceptors (Lipinski definition) is 11. The van der Waals surface area contributed by atoms with Crippen LogP contribution in [0, 0.1) is 0 Å². The van der Waals surface area contributed by atoms with Crippen LogP contribution in [-0.2, 0) is 9.47 Å². The quantitative estimate of drug-likeness (QED) is 0.203.